The smallest absolute Gasteiger partial charge is 0.409 e. The van der Waals surface area contributed by atoms with Crippen LogP contribution in [0.15, 0.2) is 109 Å². The van der Waals surface area contributed by atoms with E-state index in [-0.39, 0.29) is 18.4 Å². The molecule has 0 heterocycles. The van der Waals surface area contributed by atoms with E-state index in [0.717, 1.165) is 34.4 Å². The second-order valence-electron chi connectivity index (χ2n) is 8.95. The number of aromatic hydroxyl groups is 1. The largest absolute Gasteiger partial charge is 0.508 e. The first-order chi connectivity index (χ1) is 18.5. The lowest BCUT2D eigenvalue weighted by atomic mass is 9.88. The predicted molar refractivity (Wildman–Crippen MR) is 152 cm³/mol. The van der Waals surface area contributed by atoms with Crippen molar-refractivity contribution in [3.63, 3.8) is 0 Å². The minimum absolute atomic E-state index is 0.239. The molecule has 4 aromatic carbocycles. The number of amides is 1. The number of carbonyl (C=O) groups excluding carboxylic acids is 1. The Balaban J connectivity index is 1.43. The van der Waals surface area contributed by atoms with Crippen molar-refractivity contribution in [2.75, 3.05) is 20.2 Å². The lowest BCUT2D eigenvalue weighted by Crippen LogP contribution is -2.31. The second-order valence-corrected chi connectivity index (χ2v) is 8.95. The van der Waals surface area contributed by atoms with Gasteiger partial charge in [0.2, 0.25) is 0 Å². The highest BCUT2D eigenvalue weighted by Gasteiger charge is 2.14. The van der Waals surface area contributed by atoms with Crippen molar-refractivity contribution in [3.8, 4) is 11.5 Å². The first-order valence-corrected chi connectivity index (χ1v) is 12.8. The van der Waals surface area contributed by atoms with Crippen LogP contribution in [0.2, 0.25) is 0 Å². The fourth-order valence-corrected chi connectivity index (χ4v) is 4.25. The maximum absolute atomic E-state index is 12.3. The third kappa shape index (κ3) is 7.04. The van der Waals surface area contributed by atoms with E-state index in [1.165, 1.54) is 16.0 Å². The van der Waals surface area contributed by atoms with E-state index in [2.05, 4.69) is 19.1 Å². The van der Waals surface area contributed by atoms with Gasteiger partial charge in [-0.3, -0.25) is 0 Å². The summed E-state index contributed by atoms with van der Waals surface area (Å²) in [4.78, 5) is 13.8. The Morgan fingerprint density at radius 2 is 1.34 bits per heavy atom. The van der Waals surface area contributed by atoms with Gasteiger partial charge >= 0.3 is 6.09 Å². The maximum atomic E-state index is 12.3. The average Bonchev–Trinajstić information content (AvgIpc) is 2.96. The van der Waals surface area contributed by atoms with Crippen LogP contribution >= 0.6 is 0 Å². The number of nitrogens with zero attached hydrogens (tertiary/aromatic N) is 1. The Hall–Kier alpha value is -4.51. The Labute approximate surface area is 224 Å². The Morgan fingerprint density at radius 3 is 1.95 bits per heavy atom. The number of likely N-dealkylation sites (N-methyl/N-ethyl adjacent to an activating group) is 1. The molecule has 5 nitrogen and oxygen atoms in total. The van der Waals surface area contributed by atoms with E-state index in [4.69, 9.17) is 9.47 Å². The Kier molecular flexibility index (Phi) is 9.19. The van der Waals surface area contributed by atoms with Crippen molar-refractivity contribution in [3.05, 3.63) is 131 Å². The van der Waals surface area contributed by atoms with Gasteiger partial charge < -0.3 is 19.5 Å². The van der Waals surface area contributed by atoms with Crippen LogP contribution in [0.1, 0.15) is 35.6 Å². The van der Waals surface area contributed by atoms with Crippen LogP contribution in [-0.2, 0) is 11.3 Å². The molecule has 1 N–H and O–H groups in total. The molecule has 0 aliphatic carbocycles. The van der Waals surface area contributed by atoms with Gasteiger partial charge in [0.05, 0.1) is 6.54 Å². The Bertz CT molecular complexity index is 1330. The molecular formula is C33H33NO4. The molecule has 4 rings (SSSR count). The quantitative estimate of drug-likeness (QED) is 0.227. The van der Waals surface area contributed by atoms with Gasteiger partial charge in [0.25, 0.3) is 0 Å². The molecule has 0 aromatic heterocycles. The number of phenolic OH excluding ortho intramolecular Hbond substituents is 1. The number of ether oxygens (including phenoxy) is 2. The van der Waals surface area contributed by atoms with Gasteiger partial charge in [-0.25, -0.2) is 4.79 Å². The molecule has 5 heteroatoms. The van der Waals surface area contributed by atoms with Crippen molar-refractivity contribution >= 4 is 17.2 Å². The molecule has 0 spiro atoms. The molecule has 0 aliphatic rings. The zero-order chi connectivity index (χ0) is 26.7. The summed E-state index contributed by atoms with van der Waals surface area (Å²) >= 11 is 0. The van der Waals surface area contributed by atoms with Crippen LogP contribution < -0.4 is 4.74 Å². The zero-order valence-electron chi connectivity index (χ0n) is 21.8. The molecule has 0 aliphatic heterocycles. The first-order valence-electron chi connectivity index (χ1n) is 12.8. The molecule has 0 fully saturated rings. The highest BCUT2D eigenvalue weighted by Crippen LogP contribution is 2.35. The summed E-state index contributed by atoms with van der Waals surface area (Å²) < 4.78 is 11.3. The molecule has 194 valence electrons. The summed E-state index contributed by atoms with van der Waals surface area (Å²) in [7, 11) is 1.70. The standard InChI is InChI=1S/C33H33NO4/c1-3-31(26-12-8-5-9-13-26)32(27-14-18-29(35)19-15-27)28-16-20-30(21-17-28)37-23-22-34(2)33(36)38-24-25-10-6-4-7-11-25/h4-21,35H,3,22-24H2,1-2H3. The summed E-state index contributed by atoms with van der Waals surface area (Å²) in [6, 6.07) is 35.3. The number of hydrogen-bond donors (Lipinski definition) is 1. The van der Waals surface area contributed by atoms with Crippen molar-refractivity contribution in [1.82, 2.24) is 4.90 Å². The number of benzene rings is 4. The van der Waals surface area contributed by atoms with Gasteiger partial charge in [-0.2, -0.15) is 0 Å². The summed E-state index contributed by atoms with van der Waals surface area (Å²) in [6.45, 7) is 3.15. The van der Waals surface area contributed by atoms with E-state index < -0.39 is 0 Å². The average molecular weight is 508 g/mol. The molecule has 0 bridgehead atoms. The minimum atomic E-state index is -0.385. The molecule has 0 saturated carbocycles. The fraction of sp³-hybridized carbons (Fsp3) is 0.182. The van der Waals surface area contributed by atoms with Crippen LogP contribution in [0.3, 0.4) is 0 Å². The topological polar surface area (TPSA) is 59.0 Å². The van der Waals surface area contributed by atoms with Crippen LogP contribution in [0.4, 0.5) is 4.79 Å². The van der Waals surface area contributed by atoms with Gasteiger partial charge in [-0.05, 0) is 64.1 Å². The SMILES string of the molecule is CCC(=C(c1ccc(O)cc1)c1ccc(OCCN(C)C(=O)OCc2ccccc2)cc1)c1ccccc1. The van der Waals surface area contributed by atoms with Gasteiger partial charge in [-0.15, -0.1) is 0 Å². The number of phenols is 1. The Morgan fingerprint density at radius 1 is 0.763 bits per heavy atom. The normalized spacial score (nSPS) is 11.4. The molecule has 0 radical (unpaired) electrons. The molecule has 1 amide bonds. The van der Waals surface area contributed by atoms with E-state index in [1.54, 1.807) is 19.2 Å². The van der Waals surface area contributed by atoms with Crippen LogP contribution in [0, 0.1) is 0 Å². The van der Waals surface area contributed by atoms with E-state index in [1.807, 2.05) is 84.9 Å². The van der Waals surface area contributed by atoms with Crippen molar-refractivity contribution < 1.29 is 19.4 Å². The molecule has 0 saturated heterocycles. The minimum Gasteiger partial charge on any atom is -0.508 e. The summed E-state index contributed by atoms with van der Waals surface area (Å²) in [5.41, 5.74) is 6.55. The van der Waals surface area contributed by atoms with Gasteiger partial charge in [-0.1, -0.05) is 91.9 Å². The highest BCUT2D eigenvalue weighted by molar-refractivity contribution is 5.98. The fourth-order valence-electron chi connectivity index (χ4n) is 4.25. The first kappa shape index (κ1) is 26.6. The van der Waals surface area contributed by atoms with E-state index in [0.29, 0.717) is 13.2 Å². The lowest BCUT2D eigenvalue weighted by Gasteiger charge is -2.18. The number of allylic oxidation sites excluding steroid dienone is 1. The summed E-state index contributed by atoms with van der Waals surface area (Å²) in [6.07, 6.45) is 0.468. The molecule has 0 atom stereocenters. The van der Waals surface area contributed by atoms with Gasteiger partial charge in [0.1, 0.15) is 24.7 Å². The van der Waals surface area contributed by atoms with Crippen molar-refractivity contribution in [1.29, 1.82) is 0 Å². The van der Waals surface area contributed by atoms with E-state index in [9.17, 15) is 9.90 Å². The van der Waals surface area contributed by atoms with E-state index >= 15 is 0 Å². The summed E-state index contributed by atoms with van der Waals surface area (Å²) in [5.74, 6) is 0.964. The third-order valence-electron chi connectivity index (χ3n) is 6.29. The summed E-state index contributed by atoms with van der Waals surface area (Å²) in [5, 5.41) is 9.83. The van der Waals surface area contributed by atoms with Crippen LogP contribution in [-0.4, -0.2) is 36.3 Å². The maximum Gasteiger partial charge on any atom is 0.409 e. The van der Waals surface area contributed by atoms with Crippen LogP contribution in [0.25, 0.3) is 11.1 Å². The number of carbonyl (C=O) groups is 1. The lowest BCUT2D eigenvalue weighted by molar-refractivity contribution is 0.0994. The highest BCUT2D eigenvalue weighted by atomic mass is 16.6. The third-order valence-corrected chi connectivity index (χ3v) is 6.29. The van der Waals surface area contributed by atoms with Gasteiger partial charge in [0, 0.05) is 7.05 Å². The van der Waals surface area contributed by atoms with Crippen molar-refractivity contribution in [2.45, 2.75) is 20.0 Å². The monoisotopic (exact) mass is 507 g/mol. The predicted octanol–water partition coefficient (Wildman–Crippen LogP) is 7.41. The number of rotatable bonds is 10. The van der Waals surface area contributed by atoms with Gasteiger partial charge in [0.15, 0.2) is 0 Å². The molecule has 0 unspecified atom stereocenters. The zero-order valence-corrected chi connectivity index (χ0v) is 21.8. The molecular weight excluding hydrogens is 474 g/mol. The molecule has 38 heavy (non-hydrogen) atoms. The van der Waals surface area contributed by atoms with Crippen LogP contribution in [0.5, 0.6) is 11.5 Å². The second kappa shape index (κ2) is 13.2. The molecule has 4 aromatic rings. The van der Waals surface area contributed by atoms with Crippen molar-refractivity contribution in [2.24, 2.45) is 0 Å². The number of hydrogen-bond acceptors (Lipinski definition) is 4.